The number of aryl methyl sites for hydroxylation is 2. The molecule has 0 atom stereocenters. The minimum Gasteiger partial charge on any atom is -0.449 e. The summed E-state index contributed by atoms with van der Waals surface area (Å²) in [5.74, 6) is 0.00272. The van der Waals surface area contributed by atoms with E-state index < -0.39 is 10.0 Å². The zero-order valence-corrected chi connectivity index (χ0v) is 20.1. The van der Waals surface area contributed by atoms with Crippen molar-refractivity contribution in [3.8, 4) is 0 Å². The number of furan rings is 1. The fourth-order valence-corrected chi connectivity index (χ4v) is 6.58. The molecular weight excluding hydrogens is 428 g/mol. The van der Waals surface area contributed by atoms with Gasteiger partial charge in [-0.15, -0.1) is 0 Å². The van der Waals surface area contributed by atoms with Crippen LogP contribution in [0.3, 0.4) is 0 Å². The van der Waals surface area contributed by atoms with E-state index in [-0.39, 0.29) is 28.2 Å². The summed E-state index contributed by atoms with van der Waals surface area (Å²) in [6.07, 6.45) is 7.30. The van der Waals surface area contributed by atoms with Crippen molar-refractivity contribution in [3.05, 3.63) is 28.5 Å². The molecule has 1 saturated heterocycles. The van der Waals surface area contributed by atoms with Gasteiger partial charge in [-0.3, -0.25) is 4.79 Å². The Hall–Kier alpha value is -1.90. The quantitative estimate of drug-likeness (QED) is 0.735. The van der Waals surface area contributed by atoms with Crippen molar-refractivity contribution in [2.45, 2.75) is 76.7 Å². The standard InChI is InChI=1S/C24H34N2O5S/c1-16-15-20-18(3)21(24(27)26-11-13-30-14-12-26)31-22(20)23(17(16)2)32(28,29)25-19-9-7-5-4-6-8-10-19/h15,19,25H,4-14H2,1-3H3. The van der Waals surface area contributed by atoms with Crippen molar-refractivity contribution < 1.29 is 22.4 Å². The van der Waals surface area contributed by atoms with Gasteiger partial charge < -0.3 is 14.1 Å². The summed E-state index contributed by atoms with van der Waals surface area (Å²) in [5.41, 5.74) is 2.49. The first-order chi connectivity index (χ1) is 15.3. The molecule has 176 valence electrons. The highest BCUT2D eigenvalue weighted by Gasteiger charge is 2.31. The van der Waals surface area contributed by atoms with E-state index in [4.69, 9.17) is 9.15 Å². The molecule has 1 N–H and O–H groups in total. The molecule has 0 unspecified atom stereocenters. The highest BCUT2D eigenvalue weighted by molar-refractivity contribution is 7.89. The van der Waals surface area contributed by atoms with E-state index in [2.05, 4.69) is 4.72 Å². The molecule has 1 amide bonds. The largest absolute Gasteiger partial charge is 0.449 e. The molecule has 8 heteroatoms. The van der Waals surface area contributed by atoms with Crippen LogP contribution in [-0.2, 0) is 14.8 Å². The van der Waals surface area contributed by atoms with E-state index >= 15 is 0 Å². The third kappa shape index (κ3) is 4.58. The number of hydrogen-bond acceptors (Lipinski definition) is 5. The van der Waals surface area contributed by atoms with E-state index in [9.17, 15) is 13.2 Å². The smallest absolute Gasteiger partial charge is 0.290 e. The maximum atomic E-state index is 13.6. The number of benzene rings is 1. The monoisotopic (exact) mass is 462 g/mol. The molecule has 32 heavy (non-hydrogen) atoms. The predicted molar refractivity (Wildman–Crippen MR) is 124 cm³/mol. The molecular formula is C24H34N2O5S. The van der Waals surface area contributed by atoms with Gasteiger partial charge >= 0.3 is 0 Å². The van der Waals surface area contributed by atoms with Crippen molar-refractivity contribution in [2.24, 2.45) is 0 Å². The first-order valence-corrected chi connectivity index (χ1v) is 13.2. The molecule has 2 aromatic rings. The van der Waals surface area contributed by atoms with Crippen LogP contribution in [0.2, 0.25) is 0 Å². The number of hydrogen-bond donors (Lipinski definition) is 1. The second-order valence-corrected chi connectivity index (χ2v) is 10.8. The normalized spacial score (nSPS) is 19.2. The van der Waals surface area contributed by atoms with Crippen LogP contribution in [0.25, 0.3) is 11.0 Å². The number of morpholine rings is 1. The molecule has 7 nitrogen and oxygen atoms in total. The Bertz CT molecular complexity index is 1090. The van der Waals surface area contributed by atoms with Crippen LogP contribution in [0.1, 0.15) is 72.2 Å². The minimum absolute atomic E-state index is 0.0687. The highest BCUT2D eigenvalue weighted by Crippen LogP contribution is 2.35. The lowest BCUT2D eigenvalue weighted by atomic mass is 9.97. The Balaban J connectivity index is 1.74. The summed E-state index contributed by atoms with van der Waals surface area (Å²) in [6.45, 7) is 7.53. The summed E-state index contributed by atoms with van der Waals surface area (Å²) < 4.78 is 41.5. The molecule has 1 aromatic heterocycles. The van der Waals surface area contributed by atoms with Gasteiger partial charge in [0.25, 0.3) is 5.91 Å². The number of nitrogens with zero attached hydrogens (tertiary/aromatic N) is 1. The maximum absolute atomic E-state index is 13.6. The molecule has 0 spiro atoms. The summed E-state index contributed by atoms with van der Waals surface area (Å²) in [7, 11) is -3.81. The molecule has 2 heterocycles. The third-order valence-electron chi connectivity index (χ3n) is 6.88. The van der Waals surface area contributed by atoms with E-state index in [1.54, 1.807) is 4.90 Å². The second-order valence-electron chi connectivity index (χ2n) is 9.15. The van der Waals surface area contributed by atoms with Crippen molar-refractivity contribution in [1.82, 2.24) is 9.62 Å². The number of amides is 1. The average Bonchev–Trinajstić information content (AvgIpc) is 3.06. The second kappa shape index (κ2) is 9.53. The summed E-state index contributed by atoms with van der Waals surface area (Å²) >= 11 is 0. The van der Waals surface area contributed by atoms with E-state index in [1.807, 2.05) is 26.8 Å². The molecule has 1 aromatic carbocycles. The lowest BCUT2D eigenvalue weighted by molar-refractivity contribution is 0.0283. The average molecular weight is 463 g/mol. The fraction of sp³-hybridized carbons (Fsp3) is 0.625. The van der Waals surface area contributed by atoms with Crippen LogP contribution >= 0.6 is 0 Å². The Morgan fingerprint density at radius 2 is 1.62 bits per heavy atom. The topological polar surface area (TPSA) is 88.9 Å². The molecule has 1 aliphatic heterocycles. The summed E-state index contributed by atoms with van der Waals surface area (Å²) in [6, 6.07) is 1.86. The SMILES string of the molecule is Cc1cc2c(C)c(C(=O)N3CCOCC3)oc2c(S(=O)(=O)NC2CCCCCCC2)c1C. The number of rotatable bonds is 4. The third-order valence-corrected chi connectivity index (χ3v) is 8.55. The number of sulfonamides is 1. The lowest BCUT2D eigenvalue weighted by Gasteiger charge is -2.26. The zero-order valence-electron chi connectivity index (χ0n) is 19.3. The van der Waals surface area contributed by atoms with Gasteiger partial charge in [0.1, 0.15) is 4.90 Å². The molecule has 0 bridgehead atoms. The first kappa shape index (κ1) is 23.3. The summed E-state index contributed by atoms with van der Waals surface area (Å²) in [5, 5.41) is 0.683. The van der Waals surface area contributed by atoms with E-state index in [0.717, 1.165) is 44.1 Å². The van der Waals surface area contributed by atoms with Crippen LogP contribution in [0, 0.1) is 20.8 Å². The van der Waals surface area contributed by atoms with Crippen molar-refractivity contribution in [3.63, 3.8) is 0 Å². The molecule has 0 radical (unpaired) electrons. The predicted octanol–water partition coefficient (Wildman–Crippen LogP) is 4.22. The Labute approximate surface area is 190 Å². The molecule has 1 saturated carbocycles. The highest BCUT2D eigenvalue weighted by atomic mass is 32.2. The van der Waals surface area contributed by atoms with E-state index in [0.29, 0.717) is 42.8 Å². The Morgan fingerprint density at radius 1 is 1.00 bits per heavy atom. The van der Waals surface area contributed by atoms with Crippen molar-refractivity contribution >= 4 is 26.9 Å². The number of carbonyl (C=O) groups excluding carboxylic acids is 1. The fourth-order valence-electron chi connectivity index (χ4n) is 4.83. The van der Waals surface area contributed by atoms with Crippen LogP contribution in [0.5, 0.6) is 0 Å². The summed E-state index contributed by atoms with van der Waals surface area (Å²) in [4.78, 5) is 15.0. The van der Waals surface area contributed by atoms with Crippen LogP contribution < -0.4 is 4.72 Å². The minimum atomic E-state index is -3.81. The Kier molecular flexibility index (Phi) is 6.93. The molecule has 4 rings (SSSR count). The van der Waals surface area contributed by atoms with Gasteiger partial charge in [0, 0.05) is 30.1 Å². The number of nitrogens with one attached hydrogen (secondary N) is 1. The van der Waals surface area contributed by atoms with Gasteiger partial charge in [0.15, 0.2) is 11.3 Å². The van der Waals surface area contributed by atoms with E-state index in [1.165, 1.54) is 6.42 Å². The van der Waals surface area contributed by atoms with Crippen LogP contribution in [0.15, 0.2) is 15.4 Å². The molecule has 2 aliphatic rings. The van der Waals surface area contributed by atoms with Gasteiger partial charge in [-0.1, -0.05) is 32.1 Å². The maximum Gasteiger partial charge on any atom is 0.290 e. The number of ether oxygens (including phenoxy) is 1. The molecule has 1 aliphatic carbocycles. The molecule has 2 fully saturated rings. The Morgan fingerprint density at radius 3 is 2.28 bits per heavy atom. The van der Waals surface area contributed by atoms with Gasteiger partial charge in [-0.05, 0) is 50.8 Å². The van der Waals surface area contributed by atoms with Gasteiger partial charge in [0.05, 0.1) is 13.2 Å². The van der Waals surface area contributed by atoms with Gasteiger partial charge in [0.2, 0.25) is 10.0 Å². The lowest BCUT2D eigenvalue weighted by Crippen LogP contribution is -2.40. The first-order valence-electron chi connectivity index (χ1n) is 11.7. The van der Waals surface area contributed by atoms with Crippen molar-refractivity contribution in [1.29, 1.82) is 0 Å². The number of fused-ring (bicyclic) bond motifs is 1. The van der Waals surface area contributed by atoms with Crippen LogP contribution in [-0.4, -0.2) is 51.6 Å². The van der Waals surface area contributed by atoms with Crippen LogP contribution in [0.4, 0.5) is 0 Å². The number of carbonyl (C=O) groups is 1. The van der Waals surface area contributed by atoms with Gasteiger partial charge in [-0.2, -0.15) is 0 Å². The zero-order chi connectivity index (χ0) is 22.9. The van der Waals surface area contributed by atoms with Gasteiger partial charge in [-0.25, -0.2) is 13.1 Å². The van der Waals surface area contributed by atoms with Crippen molar-refractivity contribution in [2.75, 3.05) is 26.3 Å².